The number of aliphatic carboxylic acids is 1. The average molecular weight is 302 g/mol. The summed E-state index contributed by atoms with van der Waals surface area (Å²) in [5.41, 5.74) is 2.94. The number of aryl methyl sites for hydroxylation is 1. The number of hydrogen-bond acceptors (Lipinski definition) is 6. The fraction of sp³-hybridized carbons (Fsp3) is 0.636. The summed E-state index contributed by atoms with van der Waals surface area (Å²) < 4.78 is 1.36. The van der Waals surface area contributed by atoms with E-state index in [1.54, 1.807) is 14.0 Å². The van der Waals surface area contributed by atoms with Gasteiger partial charge in [0.2, 0.25) is 0 Å². The number of nitrogens with two attached hydrogens (primary N) is 1. The van der Waals surface area contributed by atoms with Gasteiger partial charge in [-0.3, -0.25) is 24.2 Å². The first kappa shape index (κ1) is 16.4. The SMILES string of the molecule is CCC(N)(CCCSc1nc(=O)c(=O)[nH]n1C)C(=O)O. The number of hydrogen-bond donors (Lipinski definition) is 3. The van der Waals surface area contributed by atoms with Crippen LogP contribution in [0.2, 0.25) is 0 Å². The first-order chi connectivity index (χ1) is 9.30. The number of carbonyl (C=O) groups is 1. The molecule has 0 bridgehead atoms. The zero-order chi connectivity index (χ0) is 15.3. The highest BCUT2D eigenvalue weighted by molar-refractivity contribution is 7.99. The van der Waals surface area contributed by atoms with Gasteiger partial charge in [-0.1, -0.05) is 18.7 Å². The molecule has 0 saturated carbocycles. The van der Waals surface area contributed by atoms with E-state index in [0.29, 0.717) is 30.2 Å². The van der Waals surface area contributed by atoms with Crippen molar-refractivity contribution >= 4 is 17.7 Å². The molecular weight excluding hydrogens is 284 g/mol. The van der Waals surface area contributed by atoms with E-state index in [1.165, 1.54) is 16.4 Å². The number of aromatic amines is 1. The number of thioether (sulfide) groups is 1. The summed E-state index contributed by atoms with van der Waals surface area (Å²) in [7, 11) is 1.58. The maximum atomic E-state index is 11.1. The molecule has 0 aliphatic carbocycles. The molecule has 0 spiro atoms. The number of nitrogens with zero attached hydrogens (tertiary/aromatic N) is 2. The first-order valence-electron chi connectivity index (χ1n) is 6.12. The fourth-order valence-corrected chi connectivity index (χ4v) is 2.43. The van der Waals surface area contributed by atoms with Crippen LogP contribution < -0.4 is 16.9 Å². The van der Waals surface area contributed by atoms with Gasteiger partial charge >= 0.3 is 17.1 Å². The van der Waals surface area contributed by atoms with Crippen LogP contribution in [-0.4, -0.2) is 37.1 Å². The van der Waals surface area contributed by atoms with Crippen molar-refractivity contribution in [2.75, 3.05) is 5.75 Å². The van der Waals surface area contributed by atoms with E-state index in [9.17, 15) is 14.4 Å². The van der Waals surface area contributed by atoms with Crippen LogP contribution in [0, 0.1) is 0 Å². The van der Waals surface area contributed by atoms with Crippen molar-refractivity contribution in [3.8, 4) is 0 Å². The molecule has 0 radical (unpaired) electrons. The van der Waals surface area contributed by atoms with Crippen molar-refractivity contribution in [2.24, 2.45) is 12.8 Å². The Balaban J connectivity index is 2.58. The molecule has 1 unspecified atom stereocenters. The number of H-pyrrole nitrogens is 1. The zero-order valence-corrected chi connectivity index (χ0v) is 12.2. The molecule has 0 saturated heterocycles. The number of aromatic nitrogens is 3. The molecule has 0 fully saturated rings. The molecule has 0 amide bonds. The second-order valence-electron chi connectivity index (χ2n) is 4.47. The first-order valence-corrected chi connectivity index (χ1v) is 7.11. The van der Waals surface area contributed by atoms with E-state index in [0.717, 1.165) is 0 Å². The van der Waals surface area contributed by atoms with Gasteiger partial charge in [0.05, 0.1) is 0 Å². The lowest BCUT2D eigenvalue weighted by Gasteiger charge is -2.22. The van der Waals surface area contributed by atoms with Gasteiger partial charge in [-0.2, -0.15) is 4.98 Å². The van der Waals surface area contributed by atoms with Crippen LogP contribution >= 0.6 is 11.8 Å². The molecule has 20 heavy (non-hydrogen) atoms. The van der Waals surface area contributed by atoms with Crippen LogP contribution in [0.4, 0.5) is 0 Å². The van der Waals surface area contributed by atoms with Crippen LogP contribution in [0.25, 0.3) is 0 Å². The lowest BCUT2D eigenvalue weighted by atomic mass is 9.92. The summed E-state index contributed by atoms with van der Waals surface area (Å²) in [5, 5.41) is 11.7. The van der Waals surface area contributed by atoms with Gasteiger partial charge in [0.15, 0.2) is 5.16 Å². The molecule has 0 aliphatic rings. The summed E-state index contributed by atoms with van der Waals surface area (Å²) in [5.74, 6) is -0.460. The molecule has 8 nitrogen and oxygen atoms in total. The number of nitrogens with one attached hydrogen (secondary N) is 1. The van der Waals surface area contributed by atoms with Crippen molar-refractivity contribution in [1.29, 1.82) is 0 Å². The largest absolute Gasteiger partial charge is 0.480 e. The van der Waals surface area contributed by atoms with Crippen LogP contribution in [0.1, 0.15) is 26.2 Å². The van der Waals surface area contributed by atoms with E-state index >= 15 is 0 Å². The van der Waals surface area contributed by atoms with Gasteiger partial charge in [0.1, 0.15) is 5.54 Å². The predicted octanol–water partition coefficient (Wildman–Crippen LogP) is -0.467. The molecule has 9 heteroatoms. The normalized spacial score (nSPS) is 13.9. The van der Waals surface area contributed by atoms with Gasteiger partial charge in [0.25, 0.3) is 0 Å². The number of carboxylic acid groups (broad SMARTS) is 1. The van der Waals surface area contributed by atoms with Gasteiger partial charge < -0.3 is 10.8 Å². The van der Waals surface area contributed by atoms with Crippen LogP contribution in [-0.2, 0) is 11.8 Å². The second kappa shape index (κ2) is 6.71. The summed E-state index contributed by atoms with van der Waals surface area (Å²) >= 11 is 1.27. The third-order valence-corrected chi connectivity index (χ3v) is 4.12. The van der Waals surface area contributed by atoms with Crippen LogP contribution in [0.5, 0.6) is 0 Å². The van der Waals surface area contributed by atoms with Gasteiger partial charge in [-0.05, 0) is 19.3 Å². The third kappa shape index (κ3) is 3.94. The van der Waals surface area contributed by atoms with E-state index in [2.05, 4.69) is 10.1 Å². The lowest BCUT2D eigenvalue weighted by Crippen LogP contribution is -2.47. The van der Waals surface area contributed by atoms with E-state index in [1.807, 2.05) is 0 Å². The maximum absolute atomic E-state index is 11.1. The second-order valence-corrected chi connectivity index (χ2v) is 5.53. The van der Waals surface area contributed by atoms with Gasteiger partial charge in [-0.15, -0.1) is 0 Å². The Morgan fingerprint density at radius 2 is 2.20 bits per heavy atom. The van der Waals surface area contributed by atoms with Crippen molar-refractivity contribution in [2.45, 2.75) is 36.9 Å². The standard InChI is InChI=1S/C11H18N4O4S/c1-3-11(12,9(18)19)5-4-6-20-10-13-7(16)8(17)14-15(10)2/h3-6,12H2,1-2H3,(H,14,17)(H,18,19). The Morgan fingerprint density at radius 3 is 2.75 bits per heavy atom. The molecule has 0 aromatic carbocycles. The Labute approximate surface area is 119 Å². The van der Waals surface area contributed by atoms with Crippen molar-refractivity contribution in [1.82, 2.24) is 14.8 Å². The smallest absolute Gasteiger partial charge is 0.339 e. The quantitative estimate of drug-likeness (QED) is 0.352. The minimum Gasteiger partial charge on any atom is -0.480 e. The third-order valence-electron chi connectivity index (χ3n) is 3.00. The van der Waals surface area contributed by atoms with Gasteiger partial charge in [-0.25, -0.2) is 0 Å². The van der Waals surface area contributed by atoms with Crippen molar-refractivity contribution in [3.63, 3.8) is 0 Å². The van der Waals surface area contributed by atoms with E-state index in [4.69, 9.17) is 10.8 Å². The molecule has 0 aliphatic heterocycles. The number of rotatable bonds is 7. The van der Waals surface area contributed by atoms with Gasteiger partial charge in [0, 0.05) is 12.8 Å². The molecule has 1 aromatic rings. The number of carboxylic acids is 1. The minimum atomic E-state index is -1.22. The minimum absolute atomic E-state index is 0.336. The molecule has 1 atom stereocenters. The summed E-state index contributed by atoms with van der Waals surface area (Å²) in [6.07, 6.45) is 1.25. The van der Waals surface area contributed by atoms with Crippen molar-refractivity contribution in [3.05, 3.63) is 20.7 Å². The fourth-order valence-electron chi connectivity index (χ4n) is 1.58. The summed E-state index contributed by atoms with van der Waals surface area (Å²) in [6.45, 7) is 1.73. The molecule has 112 valence electrons. The molecule has 1 heterocycles. The topological polar surface area (TPSA) is 131 Å². The highest BCUT2D eigenvalue weighted by Crippen LogP contribution is 2.19. The zero-order valence-electron chi connectivity index (χ0n) is 11.4. The maximum Gasteiger partial charge on any atom is 0.339 e. The lowest BCUT2D eigenvalue weighted by molar-refractivity contribution is -0.143. The summed E-state index contributed by atoms with van der Waals surface area (Å²) in [4.78, 5) is 36.8. The molecule has 4 N–H and O–H groups in total. The van der Waals surface area contributed by atoms with E-state index < -0.39 is 22.6 Å². The van der Waals surface area contributed by atoms with Crippen LogP contribution in [0.15, 0.2) is 14.7 Å². The average Bonchev–Trinajstić information content (AvgIpc) is 2.39. The Bertz CT molecular complexity index is 597. The molecule has 1 rings (SSSR count). The molecular formula is C11H18N4O4S. The van der Waals surface area contributed by atoms with E-state index in [-0.39, 0.29) is 0 Å². The Hall–Kier alpha value is -1.61. The highest BCUT2D eigenvalue weighted by atomic mass is 32.2. The van der Waals surface area contributed by atoms with Crippen molar-refractivity contribution < 1.29 is 9.90 Å². The molecule has 1 aromatic heterocycles. The monoisotopic (exact) mass is 302 g/mol. The Kier molecular flexibility index (Phi) is 5.52. The Morgan fingerprint density at radius 1 is 1.55 bits per heavy atom. The highest BCUT2D eigenvalue weighted by Gasteiger charge is 2.30. The summed E-state index contributed by atoms with van der Waals surface area (Å²) in [6, 6.07) is 0. The predicted molar refractivity (Wildman–Crippen MR) is 74.9 cm³/mol. The van der Waals surface area contributed by atoms with Crippen LogP contribution in [0.3, 0.4) is 0 Å².